The van der Waals surface area contributed by atoms with E-state index >= 15 is 0 Å². The third-order valence-electron chi connectivity index (χ3n) is 4.54. The number of thiocarbonyl (C=S) groups is 1. The van der Waals surface area contributed by atoms with E-state index in [-0.39, 0.29) is 11.1 Å². The van der Waals surface area contributed by atoms with Gasteiger partial charge in [0, 0.05) is 24.2 Å². The molecule has 2 saturated heterocycles. The highest BCUT2D eigenvalue weighted by Crippen LogP contribution is 2.41. The van der Waals surface area contributed by atoms with Gasteiger partial charge in [-0.25, -0.2) is 5.01 Å². The van der Waals surface area contributed by atoms with E-state index in [2.05, 4.69) is 0 Å². The van der Waals surface area contributed by atoms with Crippen molar-refractivity contribution in [2.24, 2.45) is 0 Å². The number of carbonyl (C=O) groups is 1. The van der Waals surface area contributed by atoms with E-state index in [9.17, 15) is 4.79 Å². The van der Waals surface area contributed by atoms with E-state index < -0.39 is 5.60 Å². The molecule has 2 aromatic rings. The molecule has 0 atom stereocenters. The fourth-order valence-corrected chi connectivity index (χ4v) is 3.65. The van der Waals surface area contributed by atoms with Crippen molar-refractivity contribution in [3.05, 3.63) is 71.8 Å². The Kier molecular flexibility index (Phi) is 4.25. The zero-order chi connectivity index (χ0) is 17.3. The lowest BCUT2D eigenvalue weighted by molar-refractivity contribution is -0.148. The highest BCUT2D eigenvalue weighted by Gasteiger charge is 2.56. The Bertz CT molecular complexity index is 736. The molecule has 128 valence electrons. The maximum atomic E-state index is 13.6. The minimum Gasteiger partial charge on any atom is -0.443 e. The minimum absolute atomic E-state index is 0.180. The summed E-state index contributed by atoms with van der Waals surface area (Å²) in [7, 11) is 0. The molecule has 0 aromatic heterocycles. The summed E-state index contributed by atoms with van der Waals surface area (Å²) in [5, 5.41) is 3.58. The smallest absolute Gasteiger partial charge is 0.298 e. The van der Waals surface area contributed by atoms with Crippen LogP contribution in [-0.4, -0.2) is 47.4 Å². The zero-order valence-electron chi connectivity index (χ0n) is 13.6. The van der Waals surface area contributed by atoms with Gasteiger partial charge in [0.25, 0.3) is 11.1 Å². The van der Waals surface area contributed by atoms with Gasteiger partial charge in [0.2, 0.25) is 5.60 Å². The van der Waals surface area contributed by atoms with E-state index in [4.69, 9.17) is 21.7 Å². The first kappa shape index (κ1) is 16.2. The van der Waals surface area contributed by atoms with E-state index in [1.807, 2.05) is 65.7 Å². The third-order valence-corrected chi connectivity index (χ3v) is 4.79. The molecule has 25 heavy (non-hydrogen) atoms. The first-order valence-corrected chi connectivity index (χ1v) is 8.65. The van der Waals surface area contributed by atoms with Crippen LogP contribution in [0.15, 0.2) is 60.7 Å². The van der Waals surface area contributed by atoms with Crippen molar-refractivity contribution >= 4 is 23.3 Å². The molecular weight excluding hydrogens is 336 g/mol. The predicted molar refractivity (Wildman–Crippen MR) is 96.6 cm³/mol. The maximum absolute atomic E-state index is 13.6. The Labute approximate surface area is 151 Å². The molecular formula is C19H18N2O3S. The Balaban J connectivity index is 1.82. The monoisotopic (exact) mass is 354 g/mol. The molecule has 5 nitrogen and oxygen atoms in total. The number of ether oxygens (including phenoxy) is 2. The summed E-state index contributed by atoms with van der Waals surface area (Å²) in [5.41, 5.74) is 0.284. The second-order valence-corrected chi connectivity index (χ2v) is 6.31. The molecule has 2 heterocycles. The quantitative estimate of drug-likeness (QED) is 0.792. The van der Waals surface area contributed by atoms with Gasteiger partial charge in [-0.2, -0.15) is 5.01 Å². The van der Waals surface area contributed by atoms with Gasteiger partial charge < -0.3 is 9.47 Å². The van der Waals surface area contributed by atoms with Crippen LogP contribution in [0.1, 0.15) is 11.1 Å². The van der Waals surface area contributed by atoms with Gasteiger partial charge in [0.1, 0.15) is 0 Å². The lowest BCUT2D eigenvalue weighted by atomic mass is 9.85. The number of nitrogens with zero attached hydrogens (tertiary/aromatic N) is 2. The third kappa shape index (κ3) is 2.63. The Morgan fingerprint density at radius 3 is 1.92 bits per heavy atom. The molecule has 0 saturated carbocycles. The molecule has 0 radical (unpaired) electrons. The number of amides is 1. The van der Waals surface area contributed by atoms with Crippen molar-refractivity contribution in [1.29, 1.82) is 0 Å². The maximum Gasteiger partial charge on any atom is 0.298 e. The van der Waals surface area contributed by atoms with Gasteiger partial charge in [-0.05, 0) is 12.2 Å². The number of hydrazine groups is 1. The number of hydrogen-bond acceptors (Lipinski definition) is 5. The van der Waals surface area contributed by atoms with Crippen LogP contribution in [0.4, 0.5) is 0 Å². The Hall–Kier alpha value is -2.28. The largest absolute Gasteiger partial charge is 0.443 e. The van der Waals surface area contributed by atoms with Gasteiger partial charge >= 0.3 is 0 Å². The summed E-state index contributed by atoms with van der Waals surface area (Å²) < 4.78 is 11.5. The molecule has 0 aliphatic carbocycles. The summed E-state index contributed by atoms with van der Waals surface area (Å²) in [5.74, 6) is -0.184. The molecule has 2 aliphatic heterocycles. The molecule has 4 rings (SSSR count). The average molecular weight is 354 g/mol. The molecule has 0 N–H and O–H groups in total. The van der Waals surface area contributed by atoms with E-state index in [0.29, 0.717) is 26.3 Å². The van der Waals surface area contributed by atoms with Gasteiger partial charge in [-0.1, -0.05) is 60.7 Å². The topological polar surface area (TPSA) is 42.0 Å². The lowest BCUT2D eigenvalue weighted by Crippen LogP contribution is -2.53. The van der Waals surface area contributed by atoms with Crippen LogP contribution in [0.2, 0.25) is 0 Å². The van der Waals surface area contributed by atoms with E-state index in [0.717, 1.165) is 11.1 Å². The minimum atomic E-state index is -1.25. The molecule has 2 fully saturated rings. The molecule has 2 aliphatic rings. The van der Waals surface area contributed by atoms with Crippen molar-refractivity contribution in [3.8, 4) is 0 Å². The van der Waals surface area contributed by atoms with Gasteiger partial charge in [0.15, 0.2) is 0 Å². The zero-order valence-corrected chi connectivity index (χ0v) is 14.4. The van der Waals surface area contributed by atoms with Crippen LogP contribution in [0.25, 0.3) is 0 Å². The summed E-state index contributed by atoms with van der Waals surface area (Å²) in [6.45, 7) is 2.34. The first-order valence-electron chi connectivity index (χ1n) is 8.24. The Morgan fingerprint density at radius 1 is 0.880 bits per heavy atom. The number of morpholine rings is 1. The highest BCUT2D eigenvalue weighted by atomic mass is 32.1. The van der Waals surface area contributed by atoms with Gasteiger partial charge in [0.05, 0.1) is 13.2 Å². The summed E-state index contributed by atoms with van der Waals surface area (Å²) >= 11 is 5.45. The van der Waals surface area contributed by atoms with Crippen LogP contribution in [-0.2, 0) is 19.9 Å². The van der Waals surface area contributed by atoms with Crippen LogP contribution in [0, 0.1) is 0 Å². The predicted octanol–water partition coefficient (Wildman–Crippen LogP) is 2.32. The number of hydrogen-bond donors (Lipinski definition) is 0. The Morgan fingerprint density at radius 2 is 1.40 bits per heavy atom. The van der Waals surface area contributed by atoms with Gasteiger partial charge in [-0.3, -0.25) is 4.79 Å². The van der Waals surface area contributed by atoms with Crippen LogP contribution in [0.3, 0.4) is 0 Å². The molecule has 0 spiro atoms. The summed E-state index contributed by atoms with van der Waals surface area (Å²) in [6, 6.07) is 19.0. The second-order valence-electron chi connectivity index (χ2n) is 5.96. The molecule has 0 bridgehead atoms. The first-order chi connectivity index (χ1) is 12.2. The standard InChI is InChI=1S/C19H18N2O3S/c22-17-19(15-7-3-1-4-8-15,16-9-5-2-6-10-16)24-18(25)21(17)20-11-13-23-14-12-20/h1-10H,11-14H2. The van der Waals surface area contributed by atoms with E-state index in [1.54, 1.807) is 0 Å². The number of carbonyl (C=O) groups excluding carboxylic acids is 1. The number of rotatable bonds is 3. The SMILES string of the molecule is O=C1N(N2CCOCC2)C(=S)OC1(c1ccccc1)c1ccccc1. The van der Waals surface area contributed by atoms with Gasteiger partial charge in [-0.15, -0.1) is 0 Å². The molecule has 0 unspecified atom stereocenters. The summed E-state index contributed by atoms with van der Waals surface area (Å²) in [4.78, 5) is 13.6. The van der Waals surface area contributed by atoms with E-state index in [1.165, 1.54) is 5.01 Å². The summed E-state index contributed by atoms with van der Waals surface area (Å²) in [6.07, 6.45) is 0. The highest BCUT2D eigenvalue weighted by molar-refractivity contribution is 7.80. The van der Waals surface area contributed by atoms with Crippen molar-refractivity contribution in [2.45, 2.75) is 5.60 Å². The van der Waals surface area contributed by atoms with Crippen molar-refractivity contribution in [3.63, 3.8) is 0 Å². The fourth-order valence-electron chi connectivity index (χ4n) is 3.32. The molecule has 1 amide bonds. The lowest BCUT2D eigenvalue weighted by Gasteiger charge is -2.33. The molecule has 6 heteroatoms. The van der Waals surface area contributed by atoms with Crippen molar-refractivity contribution in [1.82, 2.24) is 10.0 Å². The van der Waals surface area contributed by atoms with Crippen LogP contribution < -0.4 is 0 Å². The molecule has 2 aromatic carbocycles. The van der Waals surface area contributed by atoms with Crippen molar-refractivity contribution in [2.75, 3.05) is 26.3 Å². The normalized spacial score (nSPS) is 20.6. The second kappa shape index (κ2) is 6.55. The van der Waals surface area contributed by atoms with Crippen LogP contribution in [0.5, 0.6) is 0 Å². The van der Waals surface area contributed by atoms with Crippen molar-refractivity contribution < 1.29 is 14.3 Å². The fraction of sp³-hybridized carbons (Fsp3) is 0.263. The average Bonchev–Trinajstić information content (AvgIpc) is 2.95. The van der Waals surface area contributed by atoms with Crippen LogP contribution >= 0.6 is 12.2 Å². The number of benzene rings is 2.